The van der Waals surface area contributed by atoms with Crippen molar-refractivity contribution >= 4 is 17.6 Å². The first-order valence-corrected chi connectivity index (χ1v) is 8.77. The van der Waals surface area contributed by atoms with Crippen LogP contribution in [0.4, 0.5) is 8.78 Å². The van der Waals surface area contributed by atoms with Crippen LogP contribution in [0.1, 0.15) is 35.3 Å². The summed E-state index contributed by atoms with van der Waals surface area (Å²) in [4.78, 5) is 11.3. The maximum atomic E-state index is 13.6. The first-order chi connectivity index (χ1) is 13.6. The van der Waals surface area contributed by atoms with Crippen molar-refractivity contribution in [3.63, 3.8) is 0 Å². The summed E-state index contributed by atoms with van der Waals surface area (Å²) >= 11 is 0. The quantitative estimate of drug-likeness (QED) is 0.379. The number of guanidine groups is 1. The van der Waals surface area contributed by atoms with Gasteiger partial charge in [0.1, 0.15) is 11.6 Å². The molecule has 0 aromatic heterocycles. The molecule has 5 N–H and O–H groups in total. The van der Waals surface area contributed by atoms with Crippen LogP contribution in [0, 0.1) is 11.6 Å². The lowest BCUT2D eigenvalue weighted by Crippen LogP contribution is -2.40. The number of nitrogens with two attached hydrogens (primary N) is 2. The highest BCUT2D eigenvalue weighted by atomic mass is 19.1. The first-order valence-electron chi connectivity index (χ1n) is 8.77. The Morgan fingerprint density at radius 3 is 2.38 bits per heavy atom. The Bertz CT molecular complexity index is 966. The van der Waals surface area contributed by atoms with Crippen molar-refractivity contribution in [3.8, 4) is 0 Å². The van der Waals surface area contributed by atoms with E-state index in [0.717, 1.165) is 11.6 Å². The summed E-state index contributed by atoms with van der Waals surface area (Å²) < 4.78 is 26.7. The van der Waals surface area contributed by atoms with Gasteiger partial charge in [0.25, 0.3) is 5.91 Å². The van der Waals surface area contributed by atoms with Crippen LogP contribution in [0.2, 0.25) is 0 Å². The predicted molar refractivity (Wildman–Crippen MR) is 111 cm³/mol. The van der Waals surface area contributed by atoms with E-state index in [0.29, 0.717) is 12.1 Å². The van der Waals surface area contributed by atoms with Gasteiger partial charge in [0.05, 0.1) is 11.3 Å². The zero-order valence-electron chi connectivity index (χ0n) is 16.2. The van der Waals surface area contributed by atoms with Crippen molar-refractivity contribution < 1.29 is 13.6 Å². The molecular weight excluding hydrogens is 376 g/mol. The molecule has 0 saturated heterocycles. The second kappa shape index (κ2) is 9.09. The Morgan fingerprint density at radius 1 is 1.14 bits per heavy atom. The normalized spacial score (nSPS) is 12.6. The number of primary amides is 1. The van der Waals surface area contributed by atoms with Gasteiger partial charge in [-0.05, 0) is 42.0 Å². The van der Waals surface area contributed by atoms with Gasteiger partial charge < -0.3 is 16.8 Å². The molecule has 0 spiro atoms. The average Bonchev–Trinajstić information content (AvgIpc) is 2.68. The third-order valence-corrected chi connectivity index (χ3v) is 4.32. The summed E-state index contributed by atoms with van der Waals surface area (Å²) in [5, 5.41) is 10.9. The smallest absolute Gasteiger partial charge is 0.251 e. The highest BCUT2D eigenvalue weighted by molar-refractivity contribution is 6.09. The van der Waals surface area contributed by atoms with E-state index in [1.165, 1.54) is 30.3 Å². The number of benzene rings is 2. The molecule has 0 fully saturated rings. The molecule has 0 saturated carbocycles. The summed E-state index contributed by atoms with van der Waals surface area (Å²) in [6.07, 6.45) is 1.40. The van der Waals surface area contributed by atoms with E-state index in [-0.39, 0.29) is 28.5 Å². The Labute approximate surface area is 168 Å². The number of rotatable bonds is 7. The number of carbonyl (C=O) groups excluding carboxylic acids is 1. The number of carbonyl (C=O) groups is 1. The van der Waals surface area contributed by atoms with E-state index >= 15 is 0 Å². The topological polar surface area (TPSA) is 106 Å². The lowest BCUT2D eigenvalue weighted by Gasteiger charge is -2.25. The van der Waals surface area contributed by atoms with E-state index < -0.39 is 11.7 Å². The molecule has 2 aromatic carbocycles. The van der Waals surface area contributed by atoms with Gasteiger partial charge in [-0.15, -0.1) is 10.2 Å². The van der Waals surface area contributed by atoms with Crippen LogP contribution < -0.4 is 16.8 Å². The number of amides is 1. The number of halogens is 2. The third kappa shape index (κ3) is 5.71. The molecule has 0 aliphatic heterocycles. The monoisotopic (exact) mass is 399 g/mol. The number of hydrogen-bond donors (Lipinski definition) is 3. The van der Waals surface area contributed by atoms with Gasteiger partial charge in [-0.1, -0.05) is 32.6 Å². The van der Waals surface area contributed by atoms with Crippen molar-refractivity contribution in [3.05, 3.63) is 83.4 Å². The minimum Gasteiger partial charge on any atom is -0.368 e. The van der Waals surface area contributed by atoms with Gasteiger partial charge in [0.2, 0.25) is 5.96 Å². The first kappa shape index (κ1) is 21.7. The average molecular weight is 399 g/mol. The molecule has 0 aliphatic carbocycles. The molecule has 8 heteroatoms. The van der Waals surface area contributed by atoms with Crippen LogP contribution in [0.15, 0.2) is 65.3 Å². The molecular formula is C21H23F2N5O. The summed E-state index contributed by atoms with van der Waals surface area (Å²) in [5.41, 5.74) is 12.1. The number of hydrogen-bond acceptors (Lipinski definition) is 3. The lowest BCUT2D eigenvalue weighted by atomic mass is 9.84. The lowest BCUT2D eigenvalue weighted by molar-refractivity contribution is 0.0996. The largest absolute Gasteiger partial charge is 0.368 e. The molecule has 0 heterocycles. The molecule has 0 unspecified atom stereocenters. The number of nitrogens with zero attached hydrogens (tertiary/aromatic N) is 2. The predicted octanol–water partition coefficient (Wildman–Crippen LogP) is 2.84. The van der Waals surface area contributed by atoms with E-state index in [1.807, 2.05) is 13.8 Å². The van der Waals surface area contributed by atoms with Crippen LogP contribution in [0.3, 0.4) is 0 Å². The van der Waals surface area contributed by atoms with Gasteiger partial charge in [0.15, 0.2) is 0 Å². The van der Waals surface area contributed by atoms with Gasteiger partial charge in [-0.25, -0.2) is 8.78 Å². The molecule has 0 atom stereocenters. The second-order valence-electron chi connectivity index (χ2n) is 6.98. The molecule has 29 heavy (non-hydrogen) atoms. The van der Waals surface area contributed by atoms with Gasteiger partial charge in [-0.2, -0.15) is 0 Å². The summed E-state index contributed by atoms with van der Waals surface area (Å²) in [5.74, 6) is -1.86. The molecule has 2 rings (SSSR count). The molecule has 0 bridgehead atoms. The number of allylic oxidation sites excluding steroid dienone is 1. The summed E-state index contributed by atoms with van der Waals surface area (Å²) in [6.45, 7) is 8.02. The maximum absolute atomic E-state index is 13.6. The Hall–Kier alpha value is -3.55. The fraction of sp³-hybridized carbons (Fsp3) is 0.190. The Morgan fingerprint density at radius 2 is 1.79 bits per heavy atom. The maximum Gasteiger partial charge on any atom is 0.251 e. The summed E-state index contributed by atoms with van der Waals surface area (Å²) in [6, 6.07) is 10.0. The van der Waals surface area contributed by atoms with Crippen molar-refractivity contribution in [1.82, 2.24) is 5.32 Å². The Balaban J connectivity index is 2.14. The fourth-order valence-electron chi connectivity index (χ4n) is 2.55. The molecule has 0 aliphatic rings. The van der Waals surface area contributed by atoms with Crippen molar-refractivity contribution in [2.24, 2.45) is 21.7 Å². The van der Waals surface area contributed by atoms with Crippen LogP contribution in [-0.2, 0) is 5.41 Å². The van der Waals surface area contributed by atoms with E-state index in [9.17, 15) is 13.6 Å². The van der Waals surface area contributed by atoms with E-state index in [1.54, 1.807) is 12.1 Å². The summed E-state index contributed by atoms with van der Waals surface area (Å²) in [7, 11) is 0. The standard InChI is InChI=1S/C21H23F2N5O/c1-4-18(13-5-10-17(23)16(11-13)19(24)29)27-28-20(25)26-12-21(2,3)14-6-8-15(22)9-7-14/h4-11H,1,12H2,2-3H3,(H2,24,29)(H3,25,26,28)/b27-18+. The van der Waals surface area contributed by atoms with Crippen molar-refractivity contribution in [2.45, 2.75) is 19.3 Å². The third-order valence-electron chi connectivity index (χ3n) is 4.32. The molecule has 1 amide bonds. The van der Waals surface area contributed by atoms with E-state index in [2.05, 4.69) is 22.1 Å². The Kier molecular flexibility index (Phi) is 6.82. The number of nitrogens with one attached hydrogen (secondary N) is 1. The van der Waals surface area contributed by atoms with Gasteiger partial charge in [0, 0.05) is 17.5 Å². The SMILES string of the molecule is C=C/C(=N\N=C(/N)NCC(C)(C)c1ccc(F)cc1)c1ccc(F)c(C(N)=O)c1. The van der Waals surface area contributed by atoms with Crippen molar-refractivity contribution in [2.75, 3.05) is 6.54 Å². The minimum atomic E-state index is -0.888. The zero-order chi connectivity index (χ0) is 21.6. The van der Waals surface area contributed by atoms with E-state index in [4.69, 9.17) is 11.5 Å². The highest BCUT2D eigenvalue weighted by Crippen LogP contribution is 2.22. The highest BCUT2D eigenvalue weighted by Gasteiger charge is 2.20. The van der Waals surface area contributed by atoms with Gasteiger partial charge in [-0.3, -0.25) is 4.79 Å². The van der Waals surface area contributed by atoms with Crippen LogP contribution in [0.5, 0.6) is 0 Å². The minimum absolute atomic E-state index is 0.0526. The van der Waals surface area contributed by atoms with Crippen LogP contribution in [0.25, 0.3) is 0 Å². The second-order valence-corrected chi connectivity index (χ2v) is 6.98. The van der Waals surface area contributed by atoms with Crippen LogP contribution in [-0.4, -0.2) is 24.1 Å². The van der Waals surface area contributed by atoms with Gasteiger partial charge >= 0.3 is 0 Å². The zero-order valence-corrected chi connectivity index (χ0v) is 16.2. The van der Waals surface area contributed by atoms with Crippen molar-refractivity contribution in [1.29, 1.82) is 0 Å². The molecule has 152 valence electrons. The van der Waals surface area contributed by atoms with Crippen LogP contribution >= 0.6 is 0 Å². The fourth-order valence-corrected chi connectivity index (χ4v) is 2.55. The molecule has 2 aromatic rings. The molecule has 6 nitrogen and oxygen atoms in total. The molecule has 0 radical (unpaired) electrons.